The van der Waals surface area contributed by atoms with Crippen LogP contribution in [0.25, 0.3) is 27.3 Å². The van der Waals surface area contributed by atoms with E-state index >= 15 is 0 Å². The van der Waals surface area contributed by atoms with Gasteiger partial charge in [-0.15, -0.1) is 0 Å². The summed E-state index contributed by atoms with van der Waals surface area (Å²) in [6.45, 7) is 11.7. The smallest absolute Gasteiger partial charge is 0.187 e. The highest BCUT2D eigenvalue weighted by atomic mass is 15.2. The summed E-state index contributed by atoms with van der Waals surface area (Å²) in [7, 11) is 0. The van der Waals surface area contributed by atoms with Gasteiger partial charge in [0.1, 0.15) is 0 Å². The molecule has 0 aromatic heterocycles. The van der Waals surface area contributed by atoms with E-state index < -0.39 is 0 Å². The predicted octanol–water partition coefficient (Wildman–Crippen LogP) is 11.5. The Hall–Kier alpha value is -6.36. The Labute approximate surface area is 281 Å². The van der Waals surface area contributed by atoms with Crippen LogP contribution in [0.3, 0.4) is 0 Å². The van der Waals surface area contributed by atoms with Gasteiger partial charge in [-0.2, -0.15) is 5.26 Å². The van der Waals surface area contributed by atoms with Crippen LogP contribution in [-0.4, -0.2) is 6.04 Å². The first-order valence-electron chi connectivity index (χ1n) is 16.2. The fourth-order valence-electron chi connectivity index (χ4n) is 7.12. The summed E-state index contributed by atoms with van der Waals surface area (Å²) < 4.78 is 0. The second-order valence-electron chi connectivity index (χ2n) is 12.5. The Morgan fingerprint density at radius 3 is 1.94 bits per heavy atom. The molecule has 0 amide bonds. The summed E-state index contributed by atoms with van der Waals surface area (Å²) in [5.74, 6) is 0. The minimum atomic E-state index is -0.0341. The van der Waals surface area contributed by atoms with Crippen molar-refractivity contribution in [2.75, 3.05) is 9.80 Å². The van der Waals surface area contributed by atoms with Gasteiger partial charge in [-0.1, -0.05) is 84.0 Å². The molecule has 0 N–H and O–H groups in total. The zero-order valence-corrected chi connectivity index (χ0v) is 26.9. The lowest BCUT2D eigenvalue weighted by atomic mass is 9.78. The molecule has 6 aromatic rings. The maximum Gasteiger partial charge on any atom is 0.187 e. The Bertz CT molecular complexity index is 2330. The number of nitrogens with zero attached hydrogens (tertiary/aromatic N) is 4. The SMILES string of the molecule is [C-]#[N+]c1ccc(N(c2ccc(C)cc2)C2C=Cc3ccc4c(N(c5ccc(C)cc5)c5ccc(C#N)cc5)ccc5c4c3C2=CC5)cc1. The molecule has 2 aliphatic carbocycles. The van der Waals surface area contributed by atoms with Crippen LogP contribution in [0.1, 0.15) is 33.4 Å². The first-order valence-corrected chi connectivity index (χ1v) is 16.2. The number of hydrogen-bond acceptors (Lipinski definition) is 3. The van der Waals surface area contributed by atoms with Crippen molar-refractivity contribution in [3.05, 3.63) is 178 Å². The summed E-state index contributed by atoms with van der Waals surface area (Å²) in [5.41, 5.74) is 14.1. The van der Waals surface area contributed by atoms with E-state index in [2.05, 4.69) is 138 Å². The highest BCUT2D eigenvalue weighted by Crippen LogP contribution is 2.48. The normalized spacial score (nSPS) is 14.2. The monoisotopic (exact) mass is 616 g/mol. The molecule has 0 saturated heterocycles. The molecule has 228 valence electrons. The van der Waals surface area contributed by atoms with Gasteiger partial charge in [-0.25, -0.2) is 4.85 Å². The fourth-order valence-corrected chi connectivity index (χ4v) is 7.12. The van der Waals surface area contributed by atoms with Crippen LogP contribution in [0.5, 0.6) is 0 Å². The summed E-state index contributed by atoms with van der Waals surface area (Å²) in [6, 6.07) is 44.4. The van der Waals surface area contributed by atoms with Gasteiger partial charge in [-0.3, -0.25) is 0 Å². The number of nitriles is 1. The number of hydrogen-bond donors (Lipinski definition) is 0. The molecule has 4 heteroatoms. The third kappa shape index (κ3) is 4.92. The topological polar surface area (TPSA) is 34.6 Å². The summed E-state index contributed by atoms with van der Waals surface area (Å²) in [4.78, 5) is 8.33. The Balaban J connectivity index is 1.31. The first kappa shape index (κ1) is 29.1. The molecule has 6 aromatic carbocycles. The van der Waals surface area contributed by atoms with Crippen LogP contribution in [0.4, 0.5) is 34.1 Å². The van der Waals surface area contributed by atoms with Crippen molar-refractivity contribution in [2.45, 2.75) is 26.3 Å². The highest BCUT2D eigenvalue weighted by Gasteiger charge is 2.32. The predicted molar refractivity (Wildman–Crippen MR) is 199 cm³/mol. The van der Waals surface area contributed by atoms with E-state index in [1.54, 1.807) is 0 Å². The number of aryl methyl sites for hydroxylation is 2. The van der Waals surface area contributed by atoms with E-state index in [0.29, 0.717) is 11.3 Å². The van der Waals surface area contributed by atoms with E-state index in [1.807, 2.05) is 36.4 Å². The van der Waals surface area contributed by atoms with Gasteiger partial charge >= 0.3 is 0 Å². The highest BCUT2D eigenvalue weighted by molar-refractivity contribution is 6.10. The molecule has 0 spiro atoms. The molecule has 8 rings (SSSR count). The summed E-state index contributed by atoms with van der Waals surface area (Å²) in [5, 5.41) is 12.0. The van der Waals surface area contributed by atoms with E-state index in [0.717, 1.165) is 34.9 Å². The van der Waals surface area contributed by atoms with Crippen molar-refractivity contribution in [3.63, 3.8) is 0 Å². The molecule has 1 unspecified atom stereocenters. The maximum absolute atomic E-state index is 9.50. The van der Waals surface area contributed by atoms with E-state index in [9.17, 15) is 5.26 Å². The van der Waals surface area contributed by atoms with Crippen molar-refractivity contribution >= 4 is 56.5 Å². The van der Waals surface area contributed by atoms with Crippen LogP contribution in [-0.2, 0) is 6.42 Å². The number of allylic oxidation sites excluding steroid dienone is 1. The van der Waals surface area contributed by atoms with Crippen molar-refractivity contribution in [3.8, 4) is 6.07 Å². The van der Waals surface area contributed by atoms with Gasteiger partial charge < -0.3 is 9.80 Å². The second-order valence-corrected chi connectivity index (χ2v) is 12.5. The molecule has 0 aliphatic heterocycles. The van der Waals surface area contributed by atoms with E-state index in [1.165, 1.54) is 44.2 Å². The van der Waals surface area contributed by atoms with E-state index in [4.69, 9.17) is 6.57 Å². The standard InChI is InChI=1S/C44H32N4/c1-29-4-16-35(17-5-29)47(37-20-8-31(28-45)9-21-37)41-26-12-32-11-25-40-42(27-13-33-10-24-39(41)43(32)44(33)40)48(36-18-6-30(2)7-19-36)38-22-14-34(46-3)15-23-38/h4-10,12-27,42H,11H2,1-2H3. The lowest BCUT2D eigenvalue weighted by Crippen LogP contribution is -2.33. The molecule has 0 saturated carbocycles. The molecule has 1 atom stereocenters. The van der Waals surface area contributed by atoms with Gasteiger partial charge in [0.15, 0.2) is 5.69 Å². The van der Waals surface area contributed by atoms with Crippen molar-refractivity contribution < 1.29 is 0 Å². The van der Waals surface area contributed by atoms with Gasteiger partial charge in [-0.05, 0) is 115 Å². The zero-order valence-electron chi connectivity index (χ0n) is 26.9. The molecule has 4 nitrogen and oxygen atoms in total. The number of benzene rings is 6. The Kier molecular flexibility index (Phi) is 7.13. The molecule has 0 heterocycles. The van der Waals surface area contributed by atoms with Gasteiger partial charge in [0, 0.05) is 28.1 Å². The Morgan fingerprint density at radius 2 is 1.31 bits per heavy atom. The first-order chi connectivity index (χ1) is 23.5. The van der Waals surface area contributed by atoms with Crippen LogP contribution >= 0.6 is 0 Å². The minimum absolute atomic E-state index is 0.0341. The second kappa shape index (κ2) is 11.8. The molecule has 0 bridgehead atoms. The van der Waals surface area contributed by atoms with Crippen LogP contribution in [0.15, 0.2) is 133 Å². The van der Waals surface area contributed by atoms with Crippen molar-refractivity contribution in [2.24, 2.45) is 0 Å². The molecule has 0 radical (unpaired) electrons. The summed E-state index contributed by atoms with van der Waals surface area (Å²) >= 11 is 0. The average molecular weight is 617 g/mol. The maximum atomic E-state index is 9.50. The number of rotatable bonds is 6. The molecule has 0 fully saturated rings. The largest absolute Gasteiger partial charge is 0.330 e. The van der Waals surface area contributed by atoms with E-state index in [-0.39, 0.29) is 6.04 Å². The van der Waals surface area contributed by atoms with Gasteiger partial charge in [0.25, 0.3) is 0 Å². The molecule has 48 heavy (non-hydrogen) atoms. The lowest BCUT2D eigenvalue weighted by molar-refractivity contribution is 0.950. The quantitative estimate of drug-likeness (QED) is 0.175. The average Bonchev–Trinajstić information content (AvgIpc) is 3.14. The third-order valence-electron chi connectivity index (χ3n) is 9.52. The molecular weight excluding hydrogens is 585 g/mol. The van der Waals surface area contributed by atoms with Crippen LogP contribution in [0.2, 0.25) is 0 Å². The zero-order chi connectivity index (χ0) is 32.8. The summed E-state index contributed by atoms with van der Waals surface area (Å²) in [6.07, 6.45) is 7.83. The lowest BCUT2D eigenvalue weighted by Gasteiger charge is -2.38. The van der Waals surface area contributed by atoms with Crippen molar-refractivity contribution in [1.29, 1.82) is 5.26 Å². The van der Waals surface area contributed by atoms with Crippen molar-refractivity contribution in [1.82, 2.24) is 0 Å². The number of anilines is 5. The van der Waals surface area contributed by atoms with Crippen LogP contribution in [0, 0.1) is 31.8 Å². The Morgan fingerprint density at radius 1 is 0.708 bits per heavy atom. The van der Waals surface area contributed by atoms with Gasteiger partial charge in [0.2, 0.25) is 0 Å². The van der Waals surface area contributed by atoms with Gasteiger partial charge in [0.05, 0.1) is 29.9 Å². The minimum Gasteiger partial charge on any atom is -0.330 e. The third-order valence-corrected chi connectivity index (χ3v) is 9.52. The van der Waals surface area contributed by atoms with Crippen LogP contribution < -0.4 is 9.80 Å². The molecule has 2 aliphatic rings. The fraction of sp³-hybridized carbons (Fsp3) is 0.0909. The molecular formula is C44H32N4.